The summed E-state index contributed by atoms with van der Waals surface area (Å²) in [4.78, 5) is 29.5. The van der Waals surface area contributed by atoms with Gasteiger partial charge in [0.1, 0.15) is 5.82 Å². The van der Waals surface area contributed by atoms with E-state index in [1.807, 2.05) is 20.8 Å². The topological polar surface area (TPSA) is 126 Å². The second kappa shape index (κ2) is 12.5. The third kappa shape index (κ3) is 8.63. The highest BCUT2D eigenvalue weighted by molar-refractivity contribution is 5.94. The van der Waals surface area contributed by atoms with Crippen LogP contribution in [0.5, 0.6) is 11.5 Å². The predicted octanol–water partition coefficient (Wildman–Crippen LogP) is 6.37. The number of nitrogens with two attached hydrogens (primary N) is 1. The molecular weight excluding hydrogens is 543 g/mol. The summed E-state index contributed by atoms with van der Waals surface area (Å²) in [6, 6.07) is 9.76. The number of primary amides is 1. The fraction of sp³-hybridized carbons (Fsp3) is 0.414. The fourth-order valence-corrected chi connectivity index (χ4v) is 4.03. The molecule has 1 atom stereocenters. The van der Waals surface area contributed by atoms with Gasteiger partial charge in [0, 0.05) is 12.1 Å². The van der Waals surface area contributed by atoms with Crippen LogP contribution in [0.3, 0.4) is 0 Å². The molecule has 0 radical (unpaired) electrons. The molecule has 1 heterocycles. The zero-order chi connectivity index (χ0) is 29.7. The van der Waals surface area contributed by atoms with Crippen molar-refractivity contribution in [3.63, 3.8) is 0 Å². The van der Waals surface area contributed by atoms with Crippen molar-refractivity contribution < 1.29 is 41.4 Å². The molecule has 41 heavy (non-hydrogen) atoms. The lowest BCUT2D eigenvalue weighted by molar-refractivity contribution is -0.0515. The van der Waals surface area contributed by atoms with Crippen molar-refractivity contribution in [3.8, 4) is 23.0 Å². The van der Waals surface area contributed by atoms with Crippen LogP contribution < -0.4 is 20.5 Å². The van der Waals surface area contributed by atoms with E-state index >= 15 is 0 Å². The van der Waals surface area contributed by atoms with E-state index in [2.05, 4.69) is 15.0 Å². The van der Waals surface area contributed by atoms with Crippen molar-refractivity contribution in [2.45, 2.75) is 59.3 Å². The zero-order valence-corrected chi connectivity index (χ0v) is 22.9. The molecule has 12 heteroatoms. The maximum Gasteiger partial charge on any atom is 0.405 e. The highest BCUT2D eigenvalue weighted by atomic mass is 19.3. The van der Waals surface area contributed by atoms with E-state index in [0.717, 1.165) is 12.8 Å². The van der Waals surface area contributed by atoms with Crippen LogP contribution in [0.1, 0.15) is 67.9 Å². The number of alkyl halides is 2. The van der Waals surface area contributed by atoms with Crippen LogP contribution in [0.2, 0.25) is 0 Å². The van der Waals surface area contributed by atoms with Crippen LogP contribution in [-0.4, -0.2) is 30.2 Å². The van der Waals surface area contributed by atoms with Crippen molar-refractivity contribution in [3.05, 3.63) is 65.3 Å². The molecule has 1 aliphatic carbocycles. The first-order chi connectivity index (χ1) is 19.4. The first-order valence-corrected chi connectivity index (χ1v) is 13.1. The Bertz CT molecular complexity index is 1370. The summed E-state index contributed by atoms with van der Waals surface area (Å²) < 4.78 is 61.0. The van der Waals surface area contributed by atoms with E-state index in [1.54, 1.807) is 0 Å². The summed E-state index contributed by atoms with van der Waals surface area (Å²) in [6.45, 7) is 3.04. The molecule has 0 unspecified atom stereocenters. The summed E-state index contributed by atoms with van der Waals surface area (Å²) in [5.41, 5.74) is 5.74. The number of amides is 2. The minimum atomic E-state index is -3.06. The molecule has 0 bridgehead atoms. The number of nitrogens with zero attached hydrogens (tertiary/aromatic N) is 1. The smallest absolute Gasteiger partial charge is 0.405 e. The van der Waals surface area contributed by atoms with Crippen LogP contribution in [-0.2, 0) is 11.3 Å². The Morgan fingerprint density at radius 3 is 2.44 bits per heavy atom. The van der Waals surface area contributed by atoms with Crippen molar-refractivity contribution >= 4 is 12.0 Å². The molecule has 1 fully saturated rings. The molecule has 2 amide bonds. The van der Waals surface area contributed by atoms with Crippen molar-refractivity contribution in [2.24, 2.45) is 17.1 Å². The van der Waals surface area contributed by atoms with Gasteiger partial charge in [0.25, 0.3) is 5.91 Å². The molecule has 3 N–H and O–H groups in total. The maximum absolute atomic E-state index is 13.3. The van der Waals surface area contributed by atoms with E-state index < -0.39 is 30.5 Å². The Labute approximate surface area is 235 Å². The lowest BCUT2D eigenvalue weighted by Gasteiger charge is -2.24. The Kier molecular flexibility index (Phi) is 9.09. The van der Waals surface area contributed by atoms with Crippen LogP contribution in [0.25, 0.3) is 11.5 Å². The minimum Gasteiger partial charge on any atom is -0.489 e. The van der Waals surface area contributed by atoms with Gasteiger partial charge in [0.15, 0.2) is 29.1 Å². The number of nitrogens with one attached hydrogen (secondary N) is 1. The quantitative estimate of drug-likeness (QED) is 0.257. The number of hydrogen-bond acceptors (Lipinski definition) is 7. The SMILES string of the molecule is CC(C)(C)C[C@H](OC(N)=O)c1oc(-c2ccc(OC(F)F)c(OCC3CC3)c2)nc1C(=O)NCc1ccc(F)cc1. The number of oxazole rings is 1. The number of carbonyl (C=O) groups is 2. The predicted molar refractivity (Wildman–Crippen MR) is 142 cm³/mol. The highest BCUT2D eigenvalue weighted by Gasteiger charge is 2.33. The molecule has 1 aromatic heterocycles. The van der Waals surface area contributed by atoms with E-state index in [4.69, 9.17) is 19.6 Å². The van der Waals surface area contributed by atoms with Gasteiger partial charge in [0.05, 0.1) is 6.61 Å². The van der Waals surface area contributed by atoms with Gasteiger partial charge < -0.3 is 29.7 Å². The van der Waals surface area contributed by atoms with Gasteiger partial charge in [0.2, 0.25) is 5.89 Å². The average Bonchev–Trinajstić information content (AvgIpc) is 3.61. The Morgan fingerprint density at radius 1 is 1.12 bits per heavy atom. The molecule has 0 spiro atoms. The maximum atomic E-state index is 13.3. The molecule has 220 valence electrons. The Balaban J connectivity index is 1.71. The summed E-state index contributed by atoms with van der Waals surface area (Å²) in [5.74, 6) is -0.895. The molecule has 4 rings (SSSR count). The number of benzene rings is 2. The molecule has 1 aliphatic rings. The summed E-state index contributed by atoms with van der Waals surface area (Å²) >= 11 is 0. The third-order valence-electron chi connectivity index (χ3n) is 6.16. The summed E-state index contributed by atoms with van der Waals surface area (Å²) in [5, 5.41) is 2.71. The van der Waals surface area contributed by atoms with Gasteiger partial charge in [-0.2, -0.15) is 8.78 Å². The third-order valence-corrected chi connectivity index (χ3v) is 6.16. The van der Waals surface area contributed by atoms with Gasteiger partial charge in [-0.3, -0.25) is 4.79 Å². The number of ether oxygens (including phenoxy) is 3. The number of aromatic nitrogens is 1. The van der Waals surface area contributed by atoms with E-state index in [1.165, 1.54) is 42.5 Å². The number of hydrogen-bond donors (Lipinski definition) is 2. The fourth-order valence-electron chi connectivity index (χ4n) is 4.03. The van der Waals surface area contributed by atoms with Crippen LogP contribution in [0.15, 0.2) is 46.9 Å². The summed E-state index contributed by atoms with van der Waals surface area (Å²) in [6.07, 6.45) is 0.0737. The molecular formula is C29H32F3N3O6. The number of rotatable bonds is 12. The first-order valence-electron chi connectivity index (χ1n) is 13.1. The van der Waals surface area contributed by atoms with Gasteiger partial charge in [-0.25, -0.2) is 14.2 Å². The standard InChI is InChI=1S/C29H32F3N3O6/c1-29(2,3)13-22(40-28(33)37)24-23(25(36)34-14-16-6-9-19(30)10-7-16)35-26(41-24)18-8-11-20(39-27(31)32)21(12-18)38-15-17-4-5-17/h6-12,17,22,27H,4-5,13-15H2,1-3H3,(H2,33,37)(H,34,36)/t22-/m0/s1. The largest absolute Gasteiger partial charge is 0.489 e. The van der Waals surface area contributed by atoms with Gasteiger partial charge in [-0.1, -0.05) is 32.9 Å². The molecule has 1 saturated carbocycles. The first kappa shape index (κ1) is 29.8. The monoisotopic (exact) mass is 575 g/mol. The number of carbonyl (C=O) groups excluding carboxylic acids is 2. The normalized spacial score (nSPS) is 14.0. The molecule has 3 aromatic rings. The van der Waals surface area contributed by atoms with Crippen molar-refractivity contribution in [1.82, 2.24) is 10.3 Å². The minimum absolute atomic E-state index is 0.0428. The van der Waals surface area contributed by atoms with Crippen LogP contribution in [0.4, 0.5) is 18.0 Å². The van der Waals surface area contributed by atoms with Gasteiger partial charge >= 0.3 is 12.7 Å². The Morgan fingerprint density at radius 2 is 1.83 bits per heavy atom. The summed E-state index contributed by atoms with van der Waals surface area (Å²) in [7, 11) is 0. The molecule has 2 aromatic carbocycles. The van der Waals surface area contributed by atoms with E-state index in [9.17, 15) is 22.8 Å². The van der Waals surface area contributed by atoms with Crippen molar-refractivity contribution in [1.29, 1.82) is 0 Å². The number of halogens is 3. The van der Waals surface area contributed by atoms with Crippen molar-refractivity contribution in [2.75, 3.05) is 6.61 Å². The lowest BCUT2D eigenvalue weighted by Crippen LogP contribution is -2.27. The average molecular weight is 576 g/mol. The van der Waals surface area contributed by atoms with Crippen LogP contribution in [0, 0.1) is 17.2 Å². The zero-order valence-electron chi connectivity index (χ0n) is 22.9. The van der Waals surface area contributed by atoms with Gasteiger partial charge in [-0.15, -0.1) is 0 Å². The molecule has 0 saturated heterocycles. The second-order valence-corrected chi connectivity index (χ2v) is 11.0. The van der Waals surface area contributed by atoms with Crippen LogP contribution >= 0.6 is 0 Å². The lowest BCUT2D eigenvalue weighted by atomic mass is 9.88. The van der Waals surface area contributed by atoms with E-state index in [0.29, 0.717) is 23.7 Å². The van der Waals surface area contributed by atoms with E-state index in [-0.39, 0.29) is 47.2 Å². The highest BCUT2D eigenvalue weighted by Crippen LogP contribution is 2.39. The second-order valence-electron chi connectivity index (χ2n) is 11.0. The Hall–Kier alpha value is -4.22. The molecule has 0 aliphatic heterocycles. The molecule has 9 nitrogen and oxygen atoms in total. The van der Waals surface area contributed by atoms with Gasteiger partial charge in [-0.05, 0) is 66.5 Å².